The molecule has 1 unspecified atom stereocenters. The second kappa shape index (κ2) is 5.28. The lowest BCUT2D eigenvalue weighted by molar-refractivity contribution is 0.173. The largest absolute Gasteiger partial charge is 0.388 e. The van der Waals surface area contributed by atoms with E-state index in [9.17, 15) is 5.11 Å². The number of aryl methyl sites for hydroxylation is 2. The van der Waals surface area contributed by atoms with Crippen molar-refractivity contribution in [2.75, 3.05) is 0 Å². The molecule has 0 amide bonds. The van der Waals surface area contributed by atoms with E-state index in [2.05, 4.69) is 25.6 Å². The standard InChI is InChI=1S/C13H18BrN3O/c1-4-12(18)10-5-6-17(7-10)8-11-13(14)9(2)15-16(11)3/h5-7,12,18H,4,8H2,1-3H3. The molecule has 0 fully saturated rings. The average molecular weight is 312 g/mol. The van der Waals surface area contributed by atoms with Gasteiger partial charge in [-0.2, -0.15) is 5.10 Å². The van der Waals surface area contributed by atoms with Crippen molar-refractivity contribution < 1.29 is 5.11 Å². The van der Waals surface area contributed by atoms with Gasteiger partial charge in [-0.25, -0.2) is 0 Å². The van der Waals surface area contributed by atoms with Crippen LogP contribution in [0.25, 0.3) is 0 Å². The summed E-state index contributed by atoms with van der Waals surface area (Å²) in [5, 5.41) is 14.2. The molecule has 2 aromatic heterocycles. The van der Waals surface area contributed by atoms with E-state index in [0.29, 0.717) is 0 Å². The molecule has 0 spiro atoms. The molecule has 0 aliphatic heterocycles. The molecule has 0 saturated heterocycles. The fourth-order valence-corrected chi connectivity index (χ4v) is 2.48. The lowest BCUT2D eigenvalue weighted by atomic mass is 10.1. The van der Waals surface area contributed by atoms with Gasteiger partial charge in [-0.3, -0.25) is 4.68 Å². The number of aliphatic hydroxyl groups is 1. The highest BCUT2D eigenvalue weighted by Gasteiger charge is 2.12. The third-order valence-corrected chi connectivity index (χ3v) is 4.17. The number of hydrogen-bond acceptors (Lipinski definition) is 2. The quantitative estimate of drug-likeness (QED) is 0.943. The minimum atomic E-state index is -0.372. The number of aromatic nitrogens is 3. The predicted octanol–water partition coefficient (Wildman–Crippen LogP) is 2.78. The van der Waals surface area contributed by atoms with Crippen LogP contribution in [0.3, 0.4) is 0 Å². The van der Waals surface area contributed by atoms with Crippen molar-refractivity contribution in [1.82, 2.24) is 14.3 Å². The molecule has 18 heavy (non-hydrogen) atoms. The Morgan fingerprint density at radius 1 is 1.50 bits per heavy atom. The van der Waals surface area contributed by atoms with Gasteiger partial charge in [0.05, 0.1) is 28.5 Å². The Morgan fingerprint density at radius 2 is 2.22 bits per heavy atom. The Bertz CT molecular complexity index is 544. The summed E-state index contributed by atoms with van der Waals surface area (Å²) in [4.78, 5) is 0. The monoisotopic (exact) mass is 311 g/mol. The van der Waals surface area contributed by atoms with E-state index >= 15 is 0 Å². The summed E-state index contributed by atoms with van der Waals surface area (Å²) >= 11 is 3.56. The van der Waals surface area contributed by atoms with E-state index in [1.807, 2.05) is 44.0 Å². The molecule has 1 N–H and O–H groups in total. The molecular formula is C13H18BrN3O. The zero-order valence-electron chi connectivity index (χ0n) is 10.9. The second-order valence-electron chi connectivity index (χ2n) is 4.51. The first-order valence-corrected chi connectivity index (χ1v) is 6.84. The van der Waals surface area contributed by atoms with Crippen molar-refractivity contribution in [3.05, 3.63) is 39.9 Å². The van der Waals surface area contributed by atoms with Gasteiger partial charge >= 0.3 is 0 Å². The lowest BCUT2D eigenvalue weighted by Crippen LogP contribution is -2.04. The highest BCUT2D eigenvalue weighted by molar-refractivity contribution is 9.10. The molecule has 5 heteroatoms. The summed E-state index contributed by atoms with van der Waals surface area (Å²) in [6, 6.07) is 1.96. The summed E-state index contributed by atoms with van der Waals surface area (Å²) in [5.41, 5.74) is 3.08. The van der Waals surface area contributed by atoms with Crippen molar-refractivity contribution in [2.24, 2.45) is 7.05 Å². The molecule has 0 aliphatic rings. The van der Waals surface area contributed by atoms with E-state index in [1.165, 1.54) is 0 Å². The van der Waals surface area contributed by atoms with Crippen molar-refractivity contribution >= 4 is 15.9 Å². The van der Waals surface area contributed by atoms with Gasteiger partial charge in [-0.05, 0) is 40.9 Å². The van der Waals surface area contributed by atoms with Gasteiger partial charge in [0, 0.05) is 19.4 Å². The third-order valence-electron chi connectivity index (χ3n) is 3.14. The number of aliphatic hydroxyl groups excluding tert-OH is 1. The maximum atomic E-state index is 9.78. The van der Waals surface area contributed by atoms with Crippen molar-refractivity contribution in [1.29, 1.82) is 0 Å². The molecular weight excluding hydrogens is 294 g/mol. The SMILES string of the molecule is CCC(O)c1ccn(Cc2c(Br)c(C)nn2C)c1. The van der Waals surface area contributed by atoms with Crippen LogP contribution in [-0.2, 0) is 13.6 Å². The third kappa shape index (κ3) is 2.52. The van der Waals surface area contributed by atoms with E-state index < -0.39 is 0 Å². The first kappa shape index (κ1) is 13.4. The number of nitrogens with zero attached hydrogens (tertiary/aromatic N) is 3. The van der Waals surface area contributed by atoms with Gasteiger partial charge in [0.1, 0.15) is 0 Å². The topological polar surface area (TPSA) is 43.0 Å². The maximum Gasteiger partial charge on any atom is 0.0802 e. The second-order valence-corrected chi connectivity index (χ2v) is 5.30. The summed E-state index contributed by atoms with van der Waals surface area (Å²) in [6.07, 6.45) is 4.34. The van der Waals surface area contributed by atoms with Crippen molar-refractivity contribution in [3.63, 3.8) is 0 Å². The minimum absolute atomic E-state index is 0.372. The summed E-state index contributed by atoms with van der Waals surface area (Å²) in [7, 11) is 1.94. The van der Waals surface area contributed by atoms with E-state index in [1.54, 1.807) is 0 Å². The van der Waals surface area contributed by atoms with Gasteiger partial charge < -0.3 is 9.67 Å². The number of halogens is 1. The molecule has 0 saturated carbocycles. The molecule has 2 heterocycles. The van der Waals surface area contributed by atoms with Crippen LogP contribution in [0.15, 0.2) is 22.9 Å². The molecule has 98 valence electrons. The van der Waals surface area contributed by atoms with Crippen LogP contribution in [0, 0.1) is 6.92 Å². The fraction of sp³-hybridized carbons (Fsp3) is 0.462. The lowest BCUT2D eigenvalue weighted by Gasteiger charge is -2.06. The zero-order chi connectivity index (χ0) is 13.3. The normalized spacial score (nSPS) is 12.9. The number of rotatable bonds is 4. The zero-order valence-corrected chi connectivity index (χ0v) is 12.5. The molecule has 2 aromatic rings. The van der Waals surface area contributed by atoms with E-state index in [4.69, 9.17) is 0 Å². The molecule has 0 radical (unpaired) electrons. The Morgan fingerprint density at radius 3 is 2.78 bits per heavy atom. The van der Waals surface area contributed by atoms with Crippen LogP contribution >= 0.6 is 15.9 Å². The van der Waals surface area contributed by atoms with Crippen LogP contribution < -0.4 is 0 Å². The Labute approximate surface area is 115 Å². The number of hydrogen-bond donors (Lipinski definition) is 1. The summed E-state index contributed by atoms with van der Waals surface area (Å²) in [5.74, 6) is 0. The van der Waals surface area contributed by atoms with Crippen LogP contribution in [0.2, 0.25) is 0 Å². The highest BCUT2D eigenvalue weighted by atomic mass is 79.9. The van der Waals surface area contributed by atoms with E-state index in [0.717, 1.165) is 34.4 Å². The first-order valence-electron chi connectivity index (χ1n) is 6.04. The minimum Gasteiger partial charge on any atom is -0.388 e. The smallest absolute Gasteiger partial charge is 0.0802 e. The molecule has 0 aromatic carbocycles. The van der Waals surface area contributed by atoms with E-state index in [-0.39, 0.29) is 6.10 Å². The molecule has 2 rings (SSSR count). The molecule has 1 atom stereocenters. The van der Waals surface area contributed by atoms with Crippen LogP contribution in [0.5, 0.6) is 0 Å². The molecule has 0 aliphatic carbocycles. The Balaban J connectivity index is 2.21. The predicted molar refractivity (Wildman–Crippen MR) is 74.4 cm³/mol. The fourth-order valence-electron chi connectivity index (χ4n) is 2.02. The van der Waals surface area contributed by atoms with Gasteiger partial charge in [-0.15, -0.1) is 0 Å². The van der Waals surface area contributed by atoms with Crippen molar-refractivity contribution in [2.45, 2.75) is 32.9 Å². The average Bonchev–Trinajstić information content (AvgIpc) is 2.90. The van der Waals surface area contributed by atoms with Gasteiger partial charge in [0.15, 0.2) is 0 Å². The first-order chi connectivity index (χ1) is 8.52. The van der Waals surface area contributed by atoms with Crippen LogP contribution in [0.1, 0.15) is 36.4 Å². The summed E-state index contributed by atoms with van der Waals surface area (Å²) in [6.45, 7) is 4.70. The van der Waals surface area contributed by atoms with Gasteiger partial charge in [0.2, 0.25) is 0 Å². The molecule has 0 bridgehead atoms. The summed E-state index contributed by atoms with van der Waals surface area (Å²) < 4.78 is 5.00. The van der Waals surface area contributed by atoms with Gasteiger partial charge in [-0.1, -0.05) is 6.92 Å². The molecule has 4 nitrogen and oxygen atoms in total. The van der Waals surface area contributed by atoms with Crippen LogP contribution in [-0.4, -0.2) is 19.5 Å². The Hall–Kier alpha value is -1.07. The Kier molecular flexibility index (Phi) is 3.92. The maximum absolute atomic E-state index is 9.78. The van der Waals surface area contributed by atoms with Crippen molar-refractivity contribution in [3.8, 4) is 0 Å². The van der Waals surface area contributed by atoms with Crippen LogP contribution in [0.4, 0.5) is 0 Å². The highest BCUT2D eigenvalue weighted by Crippen LogP contribution is 2.22. The van der Waals surface area contributed by atoms with Gasteiger partial charge in [0.25, 0.3) is 0 Å².